The second-order valence-electron chi connectivity index (χ2n) is 9.70. The van der Waals surface area contributed by atoms with Gasteiger partial charge in [0.05, 0.1) is 23.2 Å². The molecule has 6 nitrogen and oxygen atoms in total. The van der Waals surface area contributed by atoms with Gasteiger partial charge in [0.1, 0.15) is 17.3 Å². The zero-order valence-corrected chi connectivity index (χ0v) is 21.0. The third-order valence-corrected chi connectivity index (χ3v) is 7.47. The SMILES string of the molecule is O=C(c1ccc(Oc2ccccc2)cc1)N1CCCc2nc(C3(c4cccc(Cl)c4)CC3)[nH]c(=O)c2C1. The second-order valence-corrected chi connectivity index (χ2v) is 10.1. The lowest BCUT2D eigenvalue weighted by Gasteiger charge is -2.21. The molecular weight excluding hydrogens is 486 g/mol. The van der Waals surface area contributed by atoms with Crippen LogP contribution in [0.15, 0.2) is 83.7 Å². The largest absolute Gasteiger partial charge is 0.457 e. The monoisotopic (exact) mass is 511 g/mol. The van der Waals surface area contributed by atoms with Gasteiger partial charge in [-0.3, -0.25) is 9.59 Å². The third-order valence-electron chi connectivity index (χ3n) is 7.24. The number of hydrogen-bond acceptors (Lipinski definition) is 4. The summed E-state index contributed by atoms with van der Waals surface area (Å²) in [7, 11) is 0. The molecule has 0 spiro atoms. The first-order chi connectivity index (χ1) is 18.0. The Balaban J connectivity index is 1.22. The minimum absolute atomic E-state index is 0.111. The van der Waals surface area contributed by atoms with E-state index in [-0.39, 0.29) is 23.4 Å². The van der Waals surface area contributed by atoms with Gasteiger partial charge >= 0.3 is 0 Å². The molecule has 1 aromatic heterocycles. The lowest BCUT2D eigenvalue weighted by Crippen LogP contribution is -2.33. The van der Waals surface area contributed by atoms with E-state index in [1.165, 1.54) is 0 Å². The van der Waals surface area contributed by atoms with Crippen molar-refractivity contribution < 1.29 is 9.53 Å². The highest BCUT2D eigenvalue weighted by molar-refractivity contribution is 6.30. The lowest BCUT2D eigenvalue weighted by atomic mass is 9.94. The van der Waals surface area contributed by atoms with E-state index in [4.69, 9.17) is 21.3 Å². The van der Waals surface area contributed by atoms with Gasteiger partial charge in [0, 0.05) is 17.1 Å². The fraction of sp³-hybridized carbons (Fsp3) is 0.233. The quantitative estimate of drug-likeness (QED) is 0.363. The molecule has 186 valence electrons. The number of benzene rings is 3. The number of aromatic amines is 1. The van der Waals surface area contributed by atoms with Crippen molar-refractivity contribution in [2.75, 3.05) is 6.54 Å². The Morgan fingerprint density at radius 3 is 2.46 bits per heavy atom. The van der Waals surface area contributed by atoms with Crippen LogP contribution in [-0.2, 0) is 18.4 Å². The topological polar surface area (TPSA) is 75.3 Å². The first-order valence-corrected chi connectivity index (χ1v) is 12.9. The van der Waals surface area contributed by atoms with Gasteiger partial charge in [0.25, 0.3) is 11.5 Å². The summed E-state index contributed by atoms with van der Waals surface area (Å²) in [5.41, 5.74) is 2.54. The van der Waals surface area contributed by atoms with Crippen LogP contribution in [-0.4, -0.2) is 27.3 Å². The highest BCUT2D eigenvalue weighted by Gasteiger charge is 2.48. The van der Waals surface area contributed by atoms with Gasteiger partial charge in [0.2, 0.25) is 0 Å². The average Bonchev–Trinajstić information content (AvgIpc) is 3.74. The number of aromatic nitrogens is 2. The van der Waals surface area contributed by atoms with Crippen molar-refractivity contribution in [3.63, 3.8) is 0 Å². The van der Waals surface area contributed by atoms with E-state index in [0.717, 1.165) is 36.3 Å². The Kier molecular flexibility index (Phi) is 6.05. The number of carbonyl (C=O) groups excluding carboxylic acids is 1. The number of nitrogens with one attached hydrogen (secondary N) is 1. The van der Waals surface area contributed by atoms with Gasteiger partial charge in [-0.25, -0.2) is 4.98 Å². The number of fused-ring (bicyclic) bond motifs is 1. The number of H-pyrrole nitrogens is 1. The van der Waals surface area contributed by atoms with Crippen LogP contribution in [0.4, 0.5) is 0 Å². The summed E-state index contributed by atoms with van der Waals surface area (Å²) in [6.45, 7) is 0.800. The van der Waals surface area contributed by atoms with E-state index in [9.17, 15) is 9.59 Å². The smallest absolute Gasteiger partial charge is 0.256 e. The summed E-state index contributed by atoms with van der Waals surface area (Å²) in [4.78, 5) is 36.3. The van der Waals surface area contributed by atoms with E-state index < -0.39 is 0 Å². The number of carbonyl (C=O) groups is 1. The van der Waals surface area contributed by atoms with Crippen LogP contribution in [0, 0.1) is 0 Å². The first kappa shape index (κ1) is 23.5. The second kappa shape index (κ2) is 9.52. The first-order valence-electron chi connectivity index (χ1n) is 12.5. The van der Waals surface area contributed by atoms with Crippen LogP contribution < -0.4 is 10.3 Å². The van der Waals surface area contributed by atoms with Crippen molar-refractivity contribution >= 4 is 17.5 Å². The van der Waals surface area contributed by atoms with Crippen molar-refractivity contribution in [3.8, 4) is 11.5 Å². The summed E-state index contributed by atoms with van der Waals surface area (Å²) in [5.74, 6) is 1.98. The van der Waals surface area contributed by atoms with Crippen LogP contribution in [0.5, 0.6) is 11.5 Å². The standard InChI is InChI=1S/C30H26ClN3O3/c31-22-7-4-6-21(18-22)30(15-16-30)29-32-26-10-5-17-34(19-25(26)27(35)33-29)28(36)20-11-13-24(14-12-20)37-23-8-2-1-3-9-23/h1-4,6-9,11-14,18H,5,10,15-17,19H2,(H,32,33,35). The Morgan fingerprint density at radius 2 is 1.73 bits per heavy atom. The molecule has 4 aromatic rings. The van der Waals surface area contributed by atoms with Crippen LogP contribution in [0.2, 0.25) is 5.02 Å². The molecule has 3 aromatic carbocycles. The van der Waals surface area contributed by atoms with Gasteiger partial charge < -0.3 is 14.6 Å². The summed E-state index contributed by atoms with van der Waals surface area (Å²) in [5, 5.41) is 0.676. The van der Waals surface area contributed by atoms with E-state index in [0.29, 0.717) is 40.7 Å². The molecule has 1 aliphatic heterocycles. The van der Waals surface area contributed by atoms with Crippen LogP contribution in [0.1, 0.15) is 52.3 Å². The minimum atomic E-state index is -0.287. The maximum absolute atomic E-state index is 13.3. The molecule has 0 saturated heterocycles. The summed E-state index contributed by atoms with van der Waals surface area (Å²) >= 11 is 6.24. The number of hydrogen-bond donors (Lipinski definition) is 1. The van der Waals surface area contributed by atoms with Crippen molar-refractivity contribution in [1.29, 1.82) is 0 Å². The van der Waals surface area contributed by atoms with Gasteiger partial charge in [-0.05, 0) is 79.8 Å². The number of halogens is 1. The van der Waals surface area contributed by atoms with E-state index in [1.54, 1.807) is 29.2 Å². The highest BCUT2D eigenvalue weighted by Crippen LogP contribution is 2.52. The molecule has 1 N–H and O–H groups in total. The number of aryl methyl sites for hydroxylation is 1. The molecule has 37 heavy (non-hydrogen) atoms. The van der Waals surface area contributed by atoms with E-state index in [1.807, 2.05) is 54.6 Å². The molecule has 1 saturated carbocycles. The van der Waals surface area contributed by atoms with E-state index >= 15 is 0 Å². The van der Waals surface area contributed by atoms with Crippen LogP contribution in [0.25, 0.3) is 0 Å². The molecule has 1 amide bonds. The molecule has 0 bridgehead atoms. The molecule has 6 rings (SSSR count). The van der Waals surface area contributed by atoms with Gasteiger partial charge in [-0.1, -0.05) is 41.9 Å². The zero-order chi connectivity index (χ0) is 25.4. The summed E-state index contributed by atoms with van der Waals surface area (Å²) < 4.78 is 5.84. The fourth-order valence-corrected chi connectivity index (χ4v) is 5.26. The molecule has 0 unspecified atom stereocenters. The molecule has 2 aliphatic rings. The molecule has 1 aliphatic carbocycles. The molecular formula is C30H26ClN3O3. The molecule has 1 fully saturated rings. The molecule has 2 heterocycles. The van der Waals surface area contributed by atoms with Crippen molar-refractivity contribution in [3.05, 3.63) is 122 Å². The zero-order valence-electron chi connectivity index (χ0n) is 20.2. The Hall–Kier alpha value is -3.90. The number of rotatable bonds is 5. The Morgan fingerprint density at radius 1 is 0.973 bits per heavy atom. The number of amides is 1. The fourth-order valence-electron chi connectivity index (χ4n) is 5.07. The van der Waals surface area contributed by atoms with Crippen molar-refractivity contribution in [2.24, 2.45) is 0 Å². The predicted molar refractivity (Wildman–Crippen MR) is 142 cm³/mol. The van der Waals surface area contributed by atoms with Gasteiger partial charge in [-0.2, -0.15) is 0 Å². The Bertz CT molecular complexity index is 1510. The predicted octanol–water partition coefficient (Wildman–Crippen LogP) is 5.88. The van der Waals surface area contributed by atoms with Gasteiger partial charge in [-0.15, -0.1) is 0 Å². The van der Waals surface area contributed by atoms with Crippen molar-refractivity contribution in [2.45, 2.75) is 37.6 Å². The molecule has 7 heteroatoms. The van der Waals surface area contributed by atoms with Crippen LogP contribution >= 0.6 is 11.6 Å². The minimum Gasteiger partial charge on any atom is -0.457 e. The third kappa shape index (κ3) is 4.65. The Labute approximate surface area is 219 Å². The van der Waals surface area contributed by atoms with Crippen molar-refractivity contribution in [1.82, 2.24) is 14.9 Å². The average molecular weight is 512 g/mol. The van der Waals surface area contributed by atoms with Crippen LogP contribution in [0.3, 0.4) is 0 Å². The summed E-state index contributed by atoms with van der Waals surface area (Å²) in [6, 6.07) is 24.4. The normalized spacial score (nSPS) is 16.0. The molecule has 0 radical (unpaired) electrons. The maximum atomic E-state index is 13.3. The number of para-hydroxylation sites is 1. The highest BCUT2D eigenvalue weighted by atomic mass is 35.5. The van der Waals surface area contributed by atoms with Gasteiger partial charge in [0.15, 0.2) is 0 Å². The number of nitrogens with zero attached hydrogens (tertiary/aromatic N) is 2. The summed E-state index contributed by atoms with van der Waals surface area (Å²) in [6.07, 6.45) is 3.24. The molecule has 0 atom stereocenters. The van der Waals surface area contributed by atoms with E-state index in [2.05, 4.69) is 4.98 Å². The number of ether oxygens (including phenoxy) is 1. The maximum Gasteiger partial charge on any atom is 0.256 e. The lowest BCUT2D eigenvalue weighted by molar-refractivity contribution is 0.0745.